The van der Waals surface area contributed by atoms with Crippen molar-refractivity contribution in [2.24, 2.45) is 34.0 Å². The van der Waals surface area contributed by atoms with Gasteiger partial charge >= 0.3 is 11.9 Å². The molecule has 0 amide bonds. The first-order valence-electron chi connectivity index (χ1n) is 15.8. The molecule has 8 atom stereocenters. The molecule has 0 saturated heterocycles. The summed E-state index contributed by atoms with van der Waals surface area (Å²) in [6, 6.07) is 0. The van der Waals surface area contributed by atoms with Crippen molar-refractivity contribution in [2.75, 3.05) is 6.61 Å². The molecule has 0 radical (unpaired) electrons. The van der Waals surface area contributed by atoms with Gasteiger partial charge in [-0.1, -0.05) is 53.4 Å². The van der Waals surface area contributed by atoms with Crippen LogP contribution in [-0.2, 0) is 19.1 Å². The van der Waals surface area contributed by atoms with Crippen LogP contribution in [0.3, 0.4) is 0 Å². The first-order valence-corrected chi connectivity index (χ1v) is 15.8. The van der Waals surface area contributed by atoms with Crippen LogP contribution in [0.1, 0.15) is 112 Å². The topological polar surface area (TPSA) is 113 Å². The minimum atomic E-state index is -1.63. The van der Waals surface area contributed by atoms with Gasteiger partial charge in [0.15, 0.2) is 0 Å². The molecule has 7 heteroatoms. The fourth-order valence-corrected chi connectivity index (χ4v) is 8.72. The molecule has 2 saturated carbocycles. The third-order valence-electron chi connectivity index (χ3n) is 10.9. The van der Waals surface area contributed by atoms with Crippen molar-refractivity contribution in [3.63, 3.8) is 0 Å². The van der Waals surface area contributed by atoms with E-state index in [1.54, 1.807) is 0 Å². The fourth-order valence-electron chi connectivity index (χ4n) is 8.72. The van der Waals surface area contributed by atoms with Crippen molar-refractivity contribution in [1.82, 2.24) is 0 Å². The molecule has 0 aromatic heterocycles. The highest BCUT2D eigenvalue weighted by Gasteiger charge is 2.76. The van der Waals surface area contributed by atoms with Crippen LogP contribution in [0.15, 0.2) is 11.6 Å². The number of hydrogen-bond acceptors (Lipinski definition) is 7. The van der Waals surface area contributed by atoms with Gasteiger partial charge in [-0.3, -0.25) is 4.79 Å². The van der Waals surface area contributed by atoms with E-state index in [1.807, 2.05) is 6.92 Å². The highest BCUT2D eigenvalue weighted by Crippen LogP contribution is 2.69. The molecule has 230 valence electrons. The first-order chi connectivity index (χ1) is 19.2. The van der Waals surface area contributed by atoms with E-state index >= 15 is 0 Å². The smallest absolute Gasteiger partial charge is 0.331 e. The van der Waals surface area contributed by atoms with E-state index in [9.17, 15) is 24.9 Å². The van der Waals surface area contributed by atoms with E-state index < -0.39 is 52.0 Å². The van der Waals surface area contributed by atoms with Gasteiger partial charge in [0.1, 0.15) is 12.7 Å². The Balaban J connectivity index is 1.85. The quantitative estimate of drug-likeness (QED) is 0.247. The van der Waals surface area contributed by atoms with Gasteiger partial charge < -0.3 is 24.8 Å². The lowest BCUT2D eigenvalue weighted by atomic mass is 9.37. The molecule has 41 heavy (non-hydrogen) atoms. The molecule has 0 aromatic rings. The van der Waals surface area contributed by atoms with E-state index in [0.717, 1.165) is 24.8 Å². The summed E-state index contributed by atoms with van der Waals surface area (Å²) in [4.78, 5) is 24.8. The zero-order valence-corrected chi connectivity index (χ0v) is 26.0. The number of carbonyl (C=O) groups is 2. The third kappa shape index (κ3) is 5.86. The minimum absolute atomic E-state index is 0.170. The molecular weight excluding hydrogens is 520 g/mol. The van der Waals surface area contributed by atoms with Crippen LogP contribution >= 0.6 is 0 Å². The van der Waals surface area contributed by atoms with E-state index in [2.05, 4.69) is 46.5 Å². The zero-order chi connectivity index (χ0) is 30.2. The number of ether oxygens (including phenoxy) is 2. The lowest BCUT2D eigenvalue weighted by Gasteiger charge is -2.70. The summed E-state index contributed by atoms with van der Waals surface area (Å²) >= 11 is 0. The van der Waals surface area contributed by atoms with E-state index in [1.165, 1.54) is 6.08 Å². The second kappa shape index (κ2) is 12.0. The van der Waals surface area contributed by atoms with Crippen molar-refractivity contribution in [3.05, 3.63) is 11.6 Å². The highest BCUT2D eigenvalue weighted by atomic mass is 16.5. The van der Waals surface area contributed by atoms with Crippen molar-refractivity contribution in [2.45, 2.75) is 136 Å². The number of esters is 2. The maximum atomic E-state index is 13.3. The number of aliphatic hydroxyl groups is 3. The number of hydrogen-bond donors (Lipinski definition) is 3. The summed E-state index contributed by atoms with van der Waals surface area (Å²) in [5, 5.41) is 37.8. The molecule has 2 fully saturated rings. The Labute approximate surface area is 246 Å². The maximum absolute atomic E-state index is 13.3. The van der Waals surface area contributed by atoms with E-state index in [4.69, 9.17) is 9.47 Å². The molecule has 3 N–H and O–H groups in total. The Morgan fingerprint density at radius 2 is 1.80 bits per heavy atom. The molecule has 2 bridgehead atoms. The Kier molecular flexibility index (Phi) is 9.39. The Morgan fingerprint density at radius 1 is 1.10 bits per heavy atom. The Morgan fingerprint density at radius 3 is 2.46 bits per heavy atom. The molecule has 4 rings (SSSR count). The van der Waals surface area contributed by atoms with Crippen LogP contribution in [0.2, 0.25) is 0 Å². The number of rotatable bonds is 10. The van der Waals surface area contributed by atoms with Gasteiger partial charge in [-0.15, -0.1) is 5.92 Å². The molecule has 2 aliphatic heterocycles. The first kappa shape index (κ1) is 32.0. The second-order valence-electron chi connectivity index (χ2n) is 14.8. The Bertz CT molecular complexity index is 1080. The lowest BCUT2D eigenvalue weighted by molar-refractivity contribution is -0.331. The van der Waals surface area contributed by atoms with Gasteiger partial charge in [-0.05, 0) is 68.3 Å². The second-order valence-corrected chi connectivity index (χ2v) is 14.8. The van der Waals surface area contributed by atoms with Crippen LogP contribution in [-0.4, -0.2) is 57.8 Å². The standard InChI is InChI=1S/C34H52O7/c1-22(2)10-11-23(3)12-13-26(35)34-27(36)15-17-31(4,5)30(34)25-20-32(6,16-8-7-9-28(37)41-25)33(34,39)18-14-24-19-29(38)40-21-24/h19,22-23,25-27,30,35-36,39H,7,9-15,17-18,20-21H2,1-6H3/t23-,25+,26-,27-,30-,32-,33+,34-/m0/s1. The summed E-state index contributed by atoms with van der Waals surface area (Å²) in [7, 11) is 0. The van der Waals surface area contributed by atoms with Crippen LogP contribution in [0.25, 0.3) is 0 Å². The zero-order valence-electron chi connectivity index (χ0n) is 26.0. The van der Waals surface area contributed by atoms with Gasteiger partial charge in [0, 0.05) is 24.8 Å². The van der Waals surface area contributed by atoms with E-state index in [0.29, 0.717) is 50.4 Å². The molecule has 0 aromatic carbocycles. The molecule has 0 spiro atoms. The average Bonchev–Trinajstić information content (AvgIpc) is 3.33. The molecule has 4 aliphatic rings. The highest BCUT2D eigenvalue weighted by molar-refractivity contribution is 5.85. The molecule has 7 nitrogen and oxygen atoms in total. The summed E-state index contributed by atoms with van der Waals surface area (Å²) in [6.07, 6.45) is 4.61. The number of carbonyl (C=O) groups excluding carboxylic acids is 2. The molecular formula is C34H52O7. The fraction of sp³-hybridized carbons (Fsp3) is 0.824. The van der Waals surface area contributed by atoms with Gasteiger partial charge in [0.05, 0.1) is 35.1 Å². The van der Waals surface area contributed by atoms with Crippen molar-refractivity contribution < 1.29 is 34.4 Å². The van der Waals surface area contributed by atoms with Gasteiger partial charge in [0.25, 0.3) is 0 Å². The SMILES string of the molecule is CC(C)CC[C@H](C)CC[C@H](O)[C@]12[C@@H](O)CCC(C)(C)[C@@H]1[C@H]1C[C@](C)(C#CCCC(=O)O1)[C@]2(O)CCC1=CC(=O)OC1. The van der Waals surface area contributed by atoms with Gasteiger partial charge in [-0.2, -0.15) is 0 Å². The predicted molar refractivity (Wildman–Crippen MR) is 156 cm³/mol. The van der Waals surface area contributed by atoms with Crippen LogP contribution in [0.5, 0.6) is 0 Å². The van der Waals surface area contributed by atoms with Crippen molar-refractivity contribution in [1.29, 1.82) is 0 Å². The van der Waals surface area contributed by atoms with Gasteiger partial charge in [-0.25, -0.2) is 4.79 Å². The summed E-state index contributed by atoms with van der Waals surface area (Å²) in [5.41, 5.74) is -3.74. The average molecular weight is 573 g/mol. The largest absolute Gasteiger partial charge is 0.462 e. The van der Waals surface area contributed by atoms with Crippen molar-refractivity contribution in [3.8, 4) is 11.8 Å². The van der Waals surface area contributed by atoms with Gasteiger partial charge in [0.2, 0.25) is 0 Å². The van der Waals surface area contributed by atoms with Crippen LogP contribution < -0.4 is 0 Å². The third-order valence-corrected chi connectivity index (χ3v) is 10.9. The summed E-state index contributed by atoms with van der Waals surface area (Å²) in [6.45, 7) is 12.9. The molecule has 2 heterocycles. The minimum Gasteiger partial charge on any atom is -0.462 e. The lowest BCUT2D eigenvalue weighted by Crippen LogP contribution is -2.78. The summed E-state index contributed by atoms with van der Waals surface area (Å²) in [5.74, 6) is 6.26. The maximum Gasteiger partial charge on any atom is 0.331 e. The number of fused-ring (bicyclic) bond motifs is 4. The molecule has 2 aliphatic carbocycles. The Hall–Kier alpha value is -1.88. The van der Waals surface area contributed by atoms with Crippen molar-refractivity contribution >= 4 is 11.9 Å². The molecule has 0 unspecified atom stereocenters. The summed E-state index contributed by atoms with van der Waals surface area (Å²) < 4.78 is 11.3. The van der Waals surface area contributed by atoms with Crippen LogP contribution in [0.4, 0.5) is 0 Å². The van der Waals surface area contributed by atoms with E-state index in [-0.39, 0.29) is 25.4 Å². The number of cyclic esters (lactones) is 1. The number of aliphatic hydroxyl groups excluding tert-OH is 2. The predicted octanol–water partition coefficient (Wildman–Crippen LogP) is 5.10. The normalized spacial score (nSPS) is 37.8. The van der Waals surface area contributed by atoms with Crippen LogP contribution in [0, 0.1) is 45.8 Å². The monoisotopic (exact) mass is 572 g/mol.